The monoisotopic (exact) mass is 307 g/mol. The number of benzene rings is 1. The van der Waals surface area contributed by atoms with Gasteiger partial charge in [0.05, 0.1) is 16.4 Å². The minimum absolute atomic E-state index is 0.250. The minimum atomic E-state index is -4.05. The Hall–Kier alpha value is -1.00. The van der Waals surface area contributed by atoms with Crippen molar-refractivity contribution in [2.75, 3.05) is 6.61 Å². The second-order valence-electron chi connectivity index (χ2n) is 4.02. The van der Waals surface area contributed by atoms with E-state index in [9.17, 15) is 21.9 Å². The first-order valence-corrected chi connectivity index (χ1v) is 8.52. The van der Waals surface area contributed by atoms with Crippen LogP contribution < -0.4 is 10.3 Å². The predicted molar refractivity (Wildman–Crippen MR) is 67.7 cm³/mol. The highest BCUT2D eigenvalue weighted by Gasteiger charge is 2.18. The number of aryl methyl sites for hydroxylation is 1. The molecule has 0 fully saturated rings. The predicted octanol–water partition coefficient (Wildman–Crippen LogP) is -0.265. The molecule has 0 aliphatic rings. The topological polar surface area (TPSA) is 140 Å². The third kappa shape index (κ3) is 4.55. The first kappa shape index (κ1) is 16.1. The lowest BCUT2D eigenvalue weighted by Gasteiger charge is -2.09. The van der Waals surface area contributed by atoms with Crippen LogP contribution in [-0.2, 0) is 31.6 Å². The van der Waals surface area contributed by atoms with Crippen LogP contribution in [0.25, 0.3) is 0 Å². The summed E-state index contributed by atoms with van der Waals surface area (Å²) >= 11 is 0. The van der Waals surface area contributed by atoms with E-state index in [0.29, 0.717) is 24.8 Å². The number of nitrogens with two attached hydrogens (primary N) is 2. The fourth-order valence-corrected chi connectivity index (χ4v) is 3.04. The molecule has 0 saturated heterocycles. The van der Waals surface area contributed by atoms with E-state index < -0.39 is 20.0 Å². The first-order valence-electron chi connectivity index (χ1n) is 5.43. The second-order valence-corrected chi connectivity index (χ2v) is 7.11. The molecule has 1 rings (SSSR count). The summed E-state index contributed by atoms with van der Waals surface area (Å²) in [6.45, 7) is -0.250. The molecule has 0 atom stereocenters. The van der Waals surface area contributed by atoms with Gasteiger partial charge in [0.2, 0.25) is 20.0 Å². The van der Waals surface area contributed by atoms with Crippen LogP contribution in [-0.4, -0.2) is 23.4 Å². The highest BCUT2D eigenvalue weighted by molar-refractivity contribution is 7.90. The Morgan fingerprint density at radius 2 is 1.58 bits per heavy atom. The maximum atomic E-state index is 11.4. The fourth-order valence-electron chi connectivity index (χ4n) is 1.60. The average molecular weight is 307 g/mol. The van der Waals surface area contributed by atoms with Gasteiger partial charge >= 0.3 is 0 Å². The average Bonchev–Trinajstić information content (AvgIpc) is 2.27. The zero-order valence-electron chi connectivity index (χ0n) is 10.1. The molecule has 1 aromatic carbocycles. The van der Waals surface area contributed by atoms with Gasteiger partial charge in [0.15, 0.2) is 0 Å². The molecule has 0 unspecified atom stereocenters. The Morgan fingerprint density at radius 1 is 0.947 bits per heavy atom. The van der Waals surface area contributed by atoms with Gasteiger partial charge in [0.25, 0.3) is 0 Å². The van der Waals surface area contributed by atoms with Gasteiger partial charge in [-0.3, -0.25) is 0 Å². The third-order valence-electron chi connectivity index (χ3n) is 2.51. The van der Waals surface area contributed by atoms with Crippen molar-refractivity contribution in [3.8, 4) is 0 Å². The molecule has 9 heteroatoms. The first-order chi connectivity index (χ1) is 8.66. The molecule has 0 amide bonds. The van der Waals surface area contributed by atoms with Crippen molar-refractivity contribution in [1.29, 1.82) is 0 Å². The summed E-state index contributed by atoms with van der Waals surface area (Å²) in [5.41, 5.74) is 0.378. The van der Waals surface area contributed by atoms with Gasteiger partial charge in [0, 0.05) is 0 Å². The van der Waals surface area contributed by atoms with Crippen molar-refractivity contribution in [2.24, 2.45) is 10.3 Å². The van der Waals surface area contributed by atoms with Gasteiger partial charge in [-0.25, -0.2) is 32.2 Å². The second kappa shape index (κ2) is 5.97. The lowest BCUT2D eigenvalue weighted by molar-refractivity contribution is 0.187. The minimum Gasteiger partial charge on any atom is -0.237 e. The molecule has 1 radical (unpaired) electrons. The van der Waals surface area contributed by atoms with Gasteiger partial charge in [-0.05, 0) is 37.0 Å². The van der Waals surface area contributed by atoms with Gasteiger partial charge in [-0.15, -0.1) is 0 Å². The van der Waals surface area contributed by atoms with E-state index in [-0.39, 0.29) is 16.4 Å². The smallest absolute Gasteiger partial charge is 0.237 e. The number of primary sulfonamides is 2. The van der Waals surface area contributed by atoms with Crippen LogP contribution in [0, 0.1) is 0 Å². The fraction of sp³-hybridized carbons (Fsp3) is 0.400. The number of hydrogen-bond donors (Lipinski definition) is 2. The van der Waals surface area contributed by atoms with Gasteiger partial charge in [0.1, 0.15) is 0 Å². The molecule has 19 heavy (non-hydrogen) atoms. The highest BCUT2D eigenvalue weighted by atomic mass is 32.2. The van der Waals surface area contributed by atoms with Crippen molar-refractivity contribution in [3.05, 3.63) is 23.8 Å². The number of sulfonamides is 2. The normalized spacial score (nSPS) is 12.6. The van der Waals surface area contributed by atoms with Crippen LogP contribution in [0.3, 0.4) is 0 Å². The summed E-state index contributed by atoms with van der Waals surface area (Å²) in [6.07, 6.45) is 1.24. The maximum absolute atomic E-state index is 11.4. The molecule has 107 valence electrons. The lowest BCUT2D eigenvalue weighted by atomic mass is 10.1. The summed E-state index contributed by atoms with van der Waals surface area (Å²) in [5, 5.41) is 20.3. The largest absolute Gasteiger partial charge is 0.238 e. The van der Waals surface area contributed by atoms with Crippen molar-refractivity contribution < 1.29 is 21.9 Å². The standard InChI is InChI=1S/C10H15N2O5S2/c11-18(14,15)9-5-4-8(3-1-2-6-13)10(7-9)19(12,16)17/h4-5,7H,1-3,6H2,(H2,11,14,15)(H2,12,16,17). The van der Waals surface area contributed by atoms with E-state index >= 15 is 0 Å². The number of rotatable bonds is 6. The summed E-state index contributed by atoms with van der Waals surface area (Å²) in [5.74, 6) is 0. The Kier molecular flexibility index (Phi) is 5.04. The molecular formula is C10H15N2O5S2. The van der Waals surface area contributed by atoms with Crippen LogP contribution >= 0.6 is 0 Å². The molecule has 0 aromatic heterocycles. The highest BCUT2D eigenvalue weighted by Crippen LogP contribution is 2.20. The summed E-state index contributed by atoms with van der Waals surface area (Å²) in [7, 11) is -8.05. The molecule has 1 aromatic rings. The van der Waals surface area contributed by atoms with Gasteiger partial charge in [-0.1, -0.05) is 6.07 Å². The Bertz CT molecular complexity index is 652. The van der Waals surface area contributed by atoms with E-state index in [4.69, 9.17) is 10.3 Å². The zero-order chi connectivity index (χ0) is 14.7. The third-order valence-corrected chi connectivity index (χ3v) is 4.42. The molecule has 0 spiro atoms. The van der Waals surface area contributed by atoms with Crippen molar-refractivity contribution in [1.82, 2.24) is 0 Å². The van der Waals surface area contributed by atoms with Gasteiger partial charge in [-0.2, -0.15) is 0 Å². The Balaban J connectivity index is 3.26. The molecule has 0 aliphatic heterocycles. The van der Waals surface area contributed by atoms with Crippen molar-refractivity contribution in [3.63, 3.8) is 0 Å². The Morgan fingerprint density at radius 3 is 2.05 bits per heavy atom. The molecular weight excluding hydrogens is 292 g/mol. The van der Waals surface area contributed by atoms with Crippen molar-refractivity contribution >= 4 is 20.0 Å². The van der Waals surface area contributed by atoms with Crippen LogP contribution in [0.2, 0.25) is 0 Å². The summed E-state index contributed by atoms with van der Waals surface area (Å²) in [4.78, 5) is -0.589. The Labute approximate surface area is 112 Å². The van der Waals surface area contributed by atoms with Crippen molar-refractivity contribution in [2.45, 2.75) is 29.1 Å². The summed E-state index contributed by atoms with van der Waals surface area (Å²) in [6, 6.07) is 3.51. The lowest BCUT2D eigenvalue weighted by Crippen LogP contribution is -2.18. The van der Waals surface area contributed by atoms with Crippen LogP contribution in [0.1, 0.15) is 18.4 Å². The zero-order valence-corrected chi connectivity index (χ0v) is 11.7. The quantitative estimate of drug-likeness (QED) is 0.698. The molecule has 0 saturated carbocycles. The van der Waals surface area contributed by atoms with Gasteiger partial charge < -0.3 is 0 Å². The van der Waals surface area contributed by atoms with Crippen LogP contribution in [0.5, 0.6) is 0 Å². The van der Waals surface area contributed by atoms with E-state index in [1.165, 1.54) is 12.1 Å². The molecule has 0 aliphatic carbocycles. The number of hydrogen-bond acceptors (Lipinski definition) is 4. The van der Waals surface area contributed by atoms with E-state index in [2.05, 4.69) is 0 Å². The molecule has 7 nitrogen and oxygen atoms in total. The molecule has 0 bridgehead atoms. The van der Waals surface area contributed by atoms with E-state index in [1.54, 1.807) is 0 Å². The molecule has 4 N–H and O–H groups in total. The SMILES string of the molecule is NS(=O)(=O)c1ccc(CCCC[O])c(S(N)(=O)=O)c1. The van der Waals surface area contributed by atoms with Crippen LogP contribution in [0.4, 0.5) is 0 Å². The van der Waals surface area contributed by atoms with Crippen LogP contribution in [0.15, 0.2) is 28.0 Å². The van der Waals surface area contributed by atoms with E-state index in [0.717, 1.165) is 6.07 Å². The maximum Gasteiger partial charge on any atom is 0.238 e. The summed E-state index contributed by atoms with van der Waals surface area (Å²) < 4.78 is 45.3. The van der Waals surface area contributed by atoms with E-state index in [1.807, 2.05) is 0 Å². The number of unbranched alkanes of at least 4 members (excludes halogenated alkanes) is 1. The molecule has 0 heterocycles.